The van der Waals surface area contributed by atoms with Crippen molar-refractivity contribution in [3.05, 3.63) is 99.7 Å². The Morgan fingerprint density at radius 2 is 1.74 bits per heavy atom. The lowest BCUT2D eigenvalue weighted by molar-refractivity contribution is -0.384. The number of benzene rings is 2. The molecule has 2 heterocycles. The molecule has 3 aromatic rings. The van der Waals surface area contributed by atoms with Gasteiger partial charge in [-0.3, -0.25) is 24.6 Å². The number of nitro groups is 1. The molecule has 0 bridgehead atoms. The number of nitrogens with zero attached hydrogens (tertiary/aromatic N) is 3. The van der Waals surface area contributed by atoms with E-state index >= 15 is 0 Å². The van der Waals surface area contributed by atoms with Crippen LogP contribution in [0.5, 0.6) is 5.75 Å². The summed E-state index contributed by atoms with van der Waals surface area (Å²) in [5, 5.41) is 22.2. The number of anilines is 1. The number of carbonyl (C=O) groups excluding carboxylic acids is 2. The van der Waals surface area contributed by atoms with Gasteiger partial charge >= 0.3 is 5.91 Å². The number of non-ortho nitro benzene ring substituents is 1. The van der Waals surface area contributed by atoms with Crippen molar-refractivity contribution in [1.82, 2.24) is 4.98 Å². The first-order chi connectivity index (χ1) is 16.3. The molecule has 1 amide bonds. The number of carbonyl (C=O) groups is 2. The molecule has 0 unspecified atom stereocenters. The zero-order valence-corrected chi connectivity index (χ0v) is 18.4. The molecule has 9 nitrogen and oxygen atoms in total. The molecule has 1 aliphatic heterocycles. The average Bonchev–Trinajstić information content (AvgIpc) is 3.09. The van der Waals surface area contributed by atoms with Crippen LogP contribution in [0.15, 0.2) is 78.5 Å². The molecule has 34 heavy (non-hydrogen) atoms. The van der Waals surface area contributed by atoms with E-state index in [1.165, 1.54) is 35.4 Å². The molecule has 2 aromatic carbocycles. The van der Waals surface area contributed by atoms with Crippen LogP contribution >= 0.6 is 0 Å². The van der Waals surface area contributed by atoms with Gasteiger partial charge in [-0.05, 0) is 67.9 Å². The van der Waals surface area contributed by atoms with Gasteiger partial charge in [-0.2, -0.15) is 0 Å². The summed E-state index contributed by atoms with van der Waals surface area (Å²) in [5.41, 5.74) is 0.458. The molecule has 1 atom stereocenters. The van der Waals surface area contributed by atoms with E-state index < -0.39 is 22.7 Å². The minimum absolute atomic E-state index is 0.0368. The van der Waals surface area contributed by atoms with Gasteiger partial charge in [-0.25, -0.2) is 4.98 Å². The molecule has 4 rings (SSSR count). The SMILES string of the molecule is CC(C)Oc1ccc(/C(O)=C2\C(=O)C(=O)N(c3ccccn3)[C@@H]2c2ccc([N+](=O)[O-])cc2)cc1. The number of aliphatic hydroxyl groups is 1. The number of amides is 1. The van der Waals surface area contributed by atoms with Crippen LogP contribution in [-0.2, 0) is 9.59 Å². The standard InChI is InChI=1S/C25H21N3O6/c1-15(2)34-19-12-8-17(9-13-19)23(29)21-22(16-6-10-18(11-7-16)28(32)33)27(25(31)24(21)30)20-5-3-4-14-26-20/h3-15,22,29H,1-2H3/b23-21+/t22-/m1/s1. The van der Waals surface area contributed by atoms with Gasteiger partial charge in [-0.15, -0.1) is 0 Å². The van der Waals surface area contributed by atoms with Crippen molar-refractivity contribution >= 4 is 29.0 Å². The lowest BCUT2D eigenvalue weighted by Crippen LogP contribution is -2.30. The largest absolute Gasteiger partial charge is 0.507 e. The third kappa shape index (κ3) is 4.23. The quantitative estimate of drug-likeness (QED) is 0.190. The summed E-state index contributed by atoms with van der Waals surface area (Å²) in [6.45, 7) is 3.77. The van der Waals surface area contributed by atoms with E-state index in [-0.39, 0.29) is 28.9 Å². The van der Waals surface area contributed by atoms with Crippen molar-refractivity contribution in [2.75, 3.05) is 4.90 Å². The first-order valence-corrected chi connectivity index (χ1v) is 10.5. The summed E-state index contributed by atoms with van der Waals surface area (Å²) in [4.78, 5) is 42.1. The zero-order valence-electron chi connectivity index (χ0n) is 18.4. The van der Waals surface area contributed by atoms with Gasteiger partial charge in [-0.1, -0.05) is 6.07 Å². The molecule has 172 valence electrons. The molecule has 1 aliphatic rings. The van der Waals surface area contributed by atoms with Crippen molar-refractivity contribution in [2.24, 2.45) is 0 Å². The molecule has 1 N–H and O–H groups in total. The Bertz CT molecular complexity index is 1270. The van der Waals surface area contributed by atoms with Gasteiger partial charge in [0.25, 0.3) is 11.5 Å². The summed E-state index contributed by atoms with van der Waals surface area (Å²) >= 11 is 0. The summed E-state index contributed by atoms with van der Waals surface area (Å²) < 4.78 is 5.62. The highest BCUT2D eigenvalue weighted by molar-refractivity contribution is 6.51. The van der Waals surface area contributed by atoms with Crippen molar-refractivity contribution in [3.8, 4) is 5.75 Å². The monoisotopic (exact) mass is 459 g/mol. The van der Waals surface area contributed by atoms with Gasteiger partial charge in [0.1, 0.15) is 17.3 Å². The van der Waals surface area contributed by atoms with Gasteiger partial charge in [0.2, 0.25) is 0 Å². The maximum absolute atomic E-state index is 13.1. The maximum Gasteiger partial charge on any atom is 0.301 e. The van der Waals surface area contributed by atoms with E-state index in [0.717, 1.165) is 0 Å². The fraction of sp³-hybridized carbons (Fsp3) is 0.160. The van der Waals surface area contributed by atoms with E-state index in [4.69, 9.17) is 4.74 Å². The second-order valence-corrected chi connectivity index (χ2v) is 7.90. The fourth-order valence-electron chi connectivity index (χ4n) is 3.78. The predicted octanol–water partition coefficient (Wildman–Crippen LogP) is 4.40. The summed E-state index contributed by atoms with van der Waals surface area (Å²) in [6, 6.07) is 15.9. The number of hydrogen-bond donors (Lipinski definition) is 1. The Kier molecular flexibility index (Phi) is 6.09. The molecular weight excluding hydrogens is 438 g/mol. The van der Waals surface area contributed by atoms with Crippen LogP contribution in [0, 0.1) is 10.1 Å². The number of Topliss-reactive ketones (excluding diaryl/α,β-unsaturated/α-hetero) is 1. The van der Waals surface area contributed by atoms with Crippen molar-refractivity contribution in [1.29, 1.82) is 0 Å². The normalized spacial score (nSPS) is 17.3. The van der Waals surface area contributed by atoms with Crippen LogP contribution < -0.4 is 9.64 Å². The fourth-order valence-corrected chi connectivity index (χ4v) is 3.78. The molecule has 0 spiro atoms. The first kappa shape index (κ1) is 22.7. The Balaban J connectivity index is 1.85. The van der Waals surface area contributed by atoms with Crippen LogP contribution in [0.1, 0.15) is 31.0 Å². The summed E-state index contributed by atoms with van der Waals surface area (Å²) in [6.07, 6.45) is 1.44. The number of hydrogen-bond acceptors (Lipinski definition) is 7. The molecule has 0 saturated carbocycles. The highest BCUT2D eigenvalue weighted by atomic mass is 16.6. The summed E-state index contributed by atoms with van der Waals surface area (Å²) in [7, 11) is 0. The molecule has 0 aliphatic carbocycles. The van der Waals surface area contributed by atoms with Crippen LogP contribution in [0.25, 0.3) is 5.76 Å². The van der Waals surface area contributed by atoms with Gasteiger partial charge in [0.05, 0.1) is 22.6 Å². The minimum atomic E-state index is -1.03. The summed E-state index contributed by atoms with van der Waals surface area (Å²) in [5.74, 6) is -1.30. The number of pyridine rings is 1. The predicted molar refractivity (Wildman–Crippen MR) is 124 cm³/mol. The Morgan fingerprint density at radius 1 is 1.06 bits per heavy atom. The Labute approximate surface area is 195 Å². The van der Waals surface area contributed by atoms with E-state index in [2.05, 4.69) is 4.98 Å². The molecule has 9 heteroatoms. The second kappa shape index (κ2) is 9.14. The molecule has 1 fully saturated rings. The lowest BCUT2D eigenvalue weighted by Gasteiger charge is -2.24. The van der Waals surface area contributed by atoms with E-state index in [1.54, 1.807) is 42.5 Å². The van der Waals surface area contributed by atoms with Gasteiger partial charge < -0.3 is 9.84 Å². The maximum atomic E-state index is 13.1. The lowest BCUT2D eigenvalue weighted by atomic mass is 9.95. The number of nitro benzene ring substituents is 1. The second-order valence-electron chi connectivity index (χ2n) is 7.90. The van der Waals surface area contributed by atoms with Crippen molar-refractivity contribution in [3.63, 3.8) is 0 Å². The molecule has 0 radical (unpaired) electrons. The molecule has 1 saturated heterocycles. The smallest absolute Gasteiger partial charge is 0.301 e. The van der Waals surface area contributed by atoms with Gasteiger partial charge in [0, 0.05) is 23.9 Å². The number of rotatable bonds is 6. The van der Waals surface area contributed by atoms with Crippen LogP contribution in [0.4, 0.5) is 11.5 Å². The highest BCUT2D eigenvalue weighted by Gasteiger charge is 2.47. The number of ketones is 1. The minimum Gasteiger partial charge on any atom is -0.507 e. The Hall–Kier alpha value is -4.53. The first-order valence-electron chi connectivity index (χ1n) is 10.5. The van der Waals surface area contributed by atoms with Crippen molar-refractivity contribution in [2.45, 2.75) is 26.0 Å². The number of aliphatic hydroxyl groups excluding tert-OH is 1. The zero-order chi connectivity index (χ0) is 24.4. The van der Waals surface area contributed by atoms with Crippen molar-refractivity contribution < 1.29 is 24.4 Å². The van der Waals surface area contributed by atoms with Crippen LogP contribution in [-0.4, -0.2) is 32.8 Å². The van der Waals surface area contributed by atoms with E-state index in [9.17, 15) is 24.8 Å². The third-order valence-corrected chi connectivity index (χ3v) is 5.26. The number of ether oxygens (including phenoxy) is 1. The topological polar surface area (TPSA) is 123 Å². The Morgan fingerprint density at radius 3 is 2.29 bits per heavy atom. The van der Waals surface area contributed by atoms with E-state index in [0.29, 0.717) is 16.9 Å². The highest BCUT2D eigenvalue weighted by Crippen LogP contribution is 2.41. The van der Waals surface area contributed by atoms with Gasteiger partial charge in [0.15, 0.2) is 0 Å². The average molecular weight is 459 g/mol. The van der Waals surface area contributed by atoms with Crippen LogP contribution in [0.2, 0.25) is 0 Å². The molecular formula is C25H21N3O6. The molecule has 1 aromatic heterocycles. The van der Waals surface area contributed by atoms with E-state index in [1.807, 2.05) is 13.8 Å². The van der Waals surface area contributed by atoms with Crippen LogP contribution in [0.3, 0.4) is 0 Å². The third-order valence-electron chi connectivity index (χ3n) is 5.26. The number of aromatic nitrogens is 1.